The second-order valence-corrected chi connectivity index (χ2v) is 7.99. The van der Waals surface area contributed by atoms with Crippen molar-refractivity contribution in [1.82, 2.24) is 19.9 Å². The van der Waals surface area contributed by atoms with Gasteiger partial charge in [-0.25, -0.2) is 9.50 Å². The van der Waals surface area contributed by atoms with Crippen molar-refractivity contribution in [2.45, 2.75) is 52.5 Å². The second kappa shape index (κ2) is 8.19. The van der Waals surface area contributed by atoms with Gasteiger partial charge in [0, 0.05) is 35.1 Å². The van der Waals surface area contributed by atoms with Crippen molar-refractivity contribution in [2.24, 2.45) is 0 Å². The molecule has 1 aromatic carbocycles. The number of nitrogens with one attached hydrogen (secondary N) is 2. The molecular weight excluding hydrogens is 392 g/mol. The van der Waals surface area contributed by atoms with Crippen LogP contribution < -0.4 is 10.6 Å². The van der Waals surface area contributed by atoms with Gasteiger partial charge in [-0.05, 0) is 63.3 Å². The third-order valence-corrected chi connectivity index (χ3v) is 5.62. The number of nitriles is 1. The van der Waals surface area contributed by atoms with Gasteiger partial charge < -0.3 is 10.6 Å². The molecule has 1 aliphatic carbocycles. The van der Waals surface area contributed by atoms with Crippen LogP contribution >= 0.6 is 0 Å². The van der Waals surface area contributed by atoms with E-state index in [4.69, 9.17) is 0 Å². The lowest BCUT2D eigenvalue weighted by Gasteiger charge is -2.13. The van der Waals surface area contributed by atoms with Crippen LogP contribution in [0.5, 0.6) is 0 Å². The molecule has 4 rings (SSSR count). The summed E-state index contributed by atoms with van der Waals surface area (Å²) in [5, 5.41) is 19.3. The van der Waals surface area contributed by atoms with Crippen LogP contribution in [-0.4, -0.2) is 32.5 Å². The molecular formula is C23H24N6O2. The summed E-state index contributed by atoms with van der Waals surface area (Å²) < 4.78 is 1.64. The van der Waals surface area contributed by atoms with Gasteiger partial charge in [-0.1, -0.05) is 6.07 Å². The maximum absolute atomic E-state index is 12.6. The summed E-state index contributed by atoms with van der Waals surface area (Å²) in [6, 6.07) is 7.71. The highest BCUT2D eigenvalue weighted by Crippen LogP contribution is 2.22. The van der Waals surface area contributed by atoms with Crippen LogP contribution in [0.25, 0.3) is 5.65 Å². The fourth-order valence-corrected chi connectivity index (χ4v) is 3.60. The minimum atomic E-state index is -0.139. The molecule has 0 spiro atoms. The quantitative estimate of drug-likeness (QED) is 0.641. The van der Waals surface area contributed by atoms with E-state index in [1.54, 1.807) is 16.6 Å². The molecule has 2 N–H and O–H groups in total. The van der Waals surface area contributed by atoms with Gasteiger partial charge in [0.2, 0.25) is 5.91 Å². The van der Waals surface area contributed by atoms with Gasteiger partial charge in [0.25, 0.3) is 5.91 Å². The maximum atomic E-state index is 12.6. The highest BCUT2D eigenvalue weighted by molar-refractivity contribution is 5.98. The Morgan fingerprint density at radius 3 is 2.74 bits per heavy atom. The molecule has 1 aliphatic rings. The van der Waals surface area contributed by atoms with E-state index in [0.29, 0.717) is 28.9 Å². The smallest absolute Gasteiger partial charge is 0.251 e. The van der Waals surface area contributed by atoms with Crippen LogP contribution in [0.1, 0.15) is 57.7 Å². The van der Waals surface area contributed by atoms with Crippen LogP contribution in [0.2, 0.25) is 0 Å². The van der Waals surface area contributed by atoms with Gasteiger partial charge in [0.15, 0.2) is 5.65 Å². The number of aromatic nitrogens is 3. The summed E-state index contributed by atoms with van der Waals surface area (Å²) in [4.78, 5) is 29.5. The Bertz CT molecular complexity index is 1230. The zero-order chi connectivity index (χ0) is 22.1. The van der Waals surface area contributed by atoms with Gasteiger partial charge in [0.1, 0.15) is 11.6 Å². The normalized spacial score (nSPS) is 13.1. The molecule has 0 bridgehead atoms. The lowest BCUT2D eigenvalue weighted by molar-refractivity contribution is -0.116. The van der Waals surface area contributed by atoms with Gasteiger partial charge in [-0.15, -0.1) is 0 Å². The van der Waals surface area contributed by atoms with Gasteiger partial charge >= 0.3 is 0 Å². The van der Waals surface area contributed by atoms with E-state index in [1.807, 2.05) is 26.8 Å². The van der Waals surface area contributed by atoms with Crippen LogP contribution in [0.3, 0.4) is 0 Å². The lowest BCUT2D eigenvalue weighted by atomic mass is 10.1. The monoisotopic (exact) mass is 416 g/mol. The van der Waals surface area contributed by atoms with Crippen LogP contribution in [0.15, 0.2) is 24.4 Å². The molecule has 0 radical (unpaired) electrons. The molecule has 3 aromatic rings. The fraction of sp³-hybridized carbons (Fsp3) is 0.348. The first-order chi connectivity index (χ1) is 14.9. The molecule has 8 nitrogen and oxygen atoms in total. The Kier molecular flexibility index (Phi) is 5.42. The molecule has 158 valence electrons. The number of amides is 2. The molecule has 0 aliphatic heterocycles. The third kappa shape index (κ3) is 4.26. The number of hydrogen-bond acceptors (Lipinski definition) is 5. The lowest BCUT2D eigenvalue weighted by Crippen LogP contribution is -2.25. The second-order valence-electron chi connectivity index (χ2n) is 7.99. The van der Waals surface area contributed by atoms with Crippen LogP contribution in [0.4, 0.5) is 5.69 Å². The molecule has 2 heterocycles. The molecule has 1 saturated carbocycles. The Morgan fingerprint density at radius 1 is 1.26 bits per heavy atom. The zero-order valence-electron chi connectivity index (χ0n) is 17.8. The summed E-state index contributed by atoms with van der Waals surface area (Å²) in [6.07, 6.45) is 4.31. The number of aryl methyl sites for hydroxylation is 3. The van der Waals surface area contributed by atoms with E-state index < -0.39 is 0 Å². The van der Waals surface area contributed by atoms with Crippen molar-refractivity contribution in [3.05, 3.63) is 58.0 Å². The molecule has 0 atom stereocenters. The standard InChI is InChI=1S/C23H24N6O2/c1-13-4-5-16(23(31)27-18-6-7-18)10-20(13)28-21(30)9-8-19-14(2)26-22-17(11-24)12-25-29(22)15(19)3/h4-5,10,12,18H,6-9H2,1-3H3,(H,27,31)(H,28,30). The van der Waals surface area contributed by atoms with Crippen molar-refractivity contribution in [3.8, 4) is 6.07 Å². The topological polar surface area (TPSA) is 112 Å². The molecule has 2 aromatic heterocycles. The summed E-state index contributed by atoms with van der Waals surface area (Å²) in [5.74, 6) is -0.250. The summed E-state index contributed by atoms with van der Waals surface area (Å²) in [6.45, 7) is 5.69. The Balaban J connectivity index is 1.46. The Hall–Kier alpha value is -3.73. The molecule has 0 unspecified atom stereocenters. The largest absolute Gasteiger partial charge is 0.349 e. The number of nitrogens with zero attached hydrogens (tertiary/aromatic N) is 4. The van der Waals surface area contributed by atoms with Crippen molar-refractivity contribution >= 4 is 23.1 Å². The minimum absolute atomic E-state index is 0.111. The van der Waals surface area contributed by atoms with Gasteiger partial charge in [0.05, 0.1) is 6.20 Å². The van der Waals surface area contributed by atoms with Gasteiger partial charge in [-0.3, -0.25) is 9.59 Å². The highest BCUT2D eigenvalue weighted by Gasteiger charge is 2.24. The number of hydrogen-bond donors (Lipinski definition) is 2. The minimum Gasteiger partial charge on any atom is -0.349 e. The molecule has 2 amide bonds. The Labute approximate surface area is 180 Å². The Morgan fingerprint density at radius 2 is 2.03 bits per heavy atom. The number of benzene rings is 1. The van der Waals surface area contributed by atoms with Crippen molar-refractivity contribution in [3.63, 3.8) is 0 Å². The number of rotatable bonds is 6. The summed E-state index contributed by atoms with van der Waals surface area (Å²) in [7, 11) is 0. The molecule has 31 heavy (non-hydrogen) atoms. The number of anilines is 1. The van der Waals surface area contributed by atoms with E-state index in [-0.39, 0.29) is 24.3 Å². The van der Waals surface area contributed by atoms with E-state index in [2.05, 4.69) is 26.8 Å². The van der Waals surface area contributed by atoms with Crippen LogP contribution in [-0.2, 0) is 11.2 Å². The predicted octanol–water partition coefficient (Wildman–Crippen LogP) is 2.99. The SMILES string of the molecule is Cc1ccc(C(=O)NC2CC2)cc1NC(=O)CCc1c(C)nc2c(C#N)cnn2c1C. The van der Waals surface area contributed by atoms with Crippen molar-refractivity contribution in [2.75, 3.05) is 5.32 Å². The summed E-state index contributed by atoms with van der Waals surface area (Å²) in [5.41, 5.74) is 5.62. The first-order valence-electron chi connectivity index (χ1n) is 10.3. The summed E-state index contributed by atoms with van der Waals surface area (Å²) >= 11 is 0. The van der Waals surface area contributed by atoms with Gasteiger partial charge in [-0.2, -0.15) is 10.4 Å². The first-order valence-corrected chi connectivity index (χ1v) is 10.3. The van der Waals surface area contributed by atoms with Crippen LogP contribution in [0, 0.1) is 32.1 Å². The average molecular weight is 416 g/mol. The third-order valence-electron chi connectivity index (χ3n) is 5.62. The van der Waals surface area contributed by atoms with E-state index in [9.17, 15) is 14.9 Å². The highest BCUT2D eigenvalue weighted by atomic mass is 16.2. The van der Waals surface area contributed by atoms with Crippen molar-refractivity contribution < 1.29 is 9.59 Å². The molecule has 8 heteroatoms. The average Bonchev–Trinajstić information content (AvgIpc) is 3.45. The number of carbonyl (C=O) groups is 2. The van der Waals surface area contributed by atoms with E-state index in [0.717, 1.165) is 35.4 Å². The predicted molar refractivity (Wildman–Crippen MR) is 116 cm³/mol. The number of fused-ring (bicyclic) bond motifs is 1. The number of carbonyl (C=O) groups excluding carboxylic acids is 2. The van der Waals surface area contributed by atoms with E-state index >= 15 is 0 Å². The fourth-order valence-electron chi connectivity index (χ4n) is 3.60. The molecule has 1 fully saturated rings. The zero-order valence-corrected chi connectivity index (χ0v) is 17.8. The van der Waals surface area contributed by atoms with E-state index in [1.165, 1.54) is 6.20 Å². The van der Waals surface area contributed by atoms with Crippen molar-refractivity contribution in [1.29, 1.82) is 5.26 Å². The first kappa shape index (κ1) is 20.5. The maximum Gasteiger partial charge on any atom is 0.251 e. The molecule has 0 saturated heterocycles.